The van der Waals surface area contributed by atoms with Gasteiger partial charge in [-0.25, -0.2) is 0 Å². The van der Waals surface area contributed by atoms with E-state index in [1.807, 2.05) is 18.2 Å². The van der Waals surface area contributed by atoms with Gasteiger partial charge in [0.25, 0.3) is 0 Å². The lowest BCUT2D eigenvalue weighted by Gasteiger charge is -2.26. The van der Waals surface area contributed by atoms with E-state index in [4.69, 9.17) is 0 Å². The first-order chi connectivity index (χ1) is 6.74. The van der Waals surface area contributed by atoms with Crippen molar-refractivity contribution >= 4 is 0 Å². The van der Waals surface area contributed by atoms with Gasteiger partial charge in [-0.2, -0.15) is 0 Å². The Morgan fingerprint density at radius 3 is 2.79 bits per heavy atom. The predicted molar refractivity (Wildman–Crippen MR) is 55.9 cm³/mol. The summed E-state index contributed by atoms with van der Waals surface area (Å²) < 4.78 is 0. The maximum absolute atomic E-state index is 10.4. The Balaban J connectivity index is 2.08. The lowest BCUT2D eigenvalue weighted by molar-refractivity contribution is 0.0130. The van der Waals surface area contributed by atoms with Gasteiger partial charge in [0, 0.05) is 18.3 Å². The van der Waals surface area contributed by atoms with Crippen molar-refractivity contribution in [2.24, 2.45) is 5.92 Å². The quantitative estimate of drug-likeness (QED) is 0.791. The molecule has 1 aromatic rings. The normalized spacial score (nSPS) is 20.4. The monoisotopic (exact) mass is 191 g/mol. The molecular formula is C12H17NO. The van der Waals surface area contributed by atoms with Gasteiger partial charge in [0.05, 0.1) is 5.60 Å². The topological polar surface area (TPSA) is 33.1 Å². The molecule has 1 aliphatic carbocycles. The molecule has 0 bridgehead atoms. The summed E-state index contributed by atoms with van der Waals surface area (Å²) in [7, 11) is 0. The summed E-state index contributed by atoms with van der Waals surface area (Å²) in [6.45, 7) is 2.06. The third-order valence-electron chi connectivity index (χ3n) is 3.16. The molecule has 1 unspecified atom stereocenters. The van der Waals surface area contributed by atoms with E-state index in [2.05, 4.69) is 11.9 Å². The van der Waals surface area contributed by atoms with Gasteiger partial charge >= 0.3 is 0 Å². The fourth-order valence-corrected chi connectivity index (χ4v) is 2.00. The lowest BCUT2D eigenvalue weighted by atomic mass is 9.89. The zero-order valence-corrected chi connectivity index (χ0v) is 8.61. The van der Waals surface area contributed by atoms with E-state index in [1.165, 1.54) is 12.8 Å². The minimum absolute atomic E-state index is 0.506. The largest absolute Gasteiger partial charge is 0.389 e. The molecule has 2 heteroatoms. The van der Waals surface area contributed by atoms with E-state index >= 15 is 0 Å². The molecule has 0 aromatic carbocycles. The van der Waals surface area contributed by atoms with Gasteiger partial charge in [-0.3, -0.25) is 4.98 Å². The first kappa shape index (κ1) is 9.66. The highest BCUT2D eigenvalue weighted by Crippen LogP contribution is 2.42. The average Bonchev–Trinajstić information content (AvgIpc) is 3.03. The van der Waals surface area contributed by atoms with E-state index in [0.29, 0.717) is 12.3 Å². The molecule has 2 rings (SSSR count). The van der Waals surface area contributed by atoms with Crippen molar-refractivity contribution in [3.8, 4) is 0 Å². The van der Waals surface area contributed by atoms with Crippen molar-refractivity contribution in [3.05, 3.63) is 30.1 Å². The van der Waals surface area contributed by atoms with E-state index in [1.54, 1.807) is 6.20 Å². The highest BCUT2D eigenvalue weighted by atomic mass is 16.3. The third-order valence-corrected chi connectivity index (χ3v) is 3.16. The SMILES string of the molecule is CCC(O)(Cc1ccccn1)C1CC1. The molecule has 76 valence electrons. The minimum Gasteiger partial charge on any atom is -0.389 e. The molecule has 1 fully saturated rings. The second-order valence-corrected chi connectivity index (χ2v) is 4.23. The molecule has 14 heavy (non-hydrogen) atoms. The molecule has 1 aromatic heterocycles. The zero-order chi connectivity index (χ0) is 10.0. The minimum atomic E-state index is -0.506. The molecule has 1 heterocycles. The van der Waals surface area contributed by atoms with Crippen LogP contribution in [0.1, 0.15) is 31.9 Å². The summed E-state index contributed by atoms with van der Waals surface area (Å²) in [5.41, 5.74) is 0.498. The van der Waals surface area contributed by atoms with Crippen molar-refractivity contribution in [2.45, 2.75) is 38.2 Å². The Labute approximate surface area is 85.0 Å². The molecular weight excluding hydrogens is 174 g/mol. The van der Waals surface area contributed by atoms with Gasteiger partial charge in [-0.15, -0.1) is 0 Å². The smallest absolute Gasteiger partial charge is 0.0728 e. The molecule has 0 aliphatic heterocycles. The standard InChI is InChI=1S/C12H17NO/c1-2-12(14,10-6-7-10)9-11-5-3-4-8-13-11/h3-5,8,10,14H,2,6-7,9H2,1H3. The van der Waals surface area contributed by atoms with Crippen LogP contribution >= 0.6 is 0 Å². The number of hydrogen-bond donors (Lipinski definition) is 1. The van der Waals surface area contributed by atoms with Crippen molar-refractivity contribution in [1.82, 2.24) is 4.98 Å². The fraction of sp³-hybridized carbons (Fsp3) is 0.583. The Kier molecular flexibility index (Phi) is 2.55. The van der Waals surface area contributed by atoms with Crippen LogP contribution in [0.15, 0.2) is 24.4 Å². The van der Waals surface area contributed by atoms with Crippen LogP contribution in [0, 0.1) is 5.92 Å². The number of pyridine rings is 1. The van der Waals surface area contributed by atoms with E-state index in [0.717, 1.165) is 12.1 Å². The highest BCUT2D eigenvalue weighted by Gasteiger charge is 2.42. The van der Waals surface area contributed by atoms with Crippen molar-refractivity contribution in [1.29, 1.82) is 0 Å². The molecule has 1 N–H and O–H groups in total. The second kappa shape index (κ2) is 3.70. The van der Waals surface area contributed by atoms with Crippen LogP contribution in [0.25, 0.3) is 0 Å². The molecule has 0 radical (unpaired) electrons. The number of hydrogen-bond acceptors (Lipinski definition) is 2. The molecule has 1 aliphatic rings. The second-order valence-electron chi connectivity index (χ2n) is 4.23. The van der Waals surface area contributed by atoms with Gasteiger partial charge in [0.2, 0.25) is 0 Å². The maximum Gasteiger partial charge on any atom is 0.0728 e. The van der Waals surface area contributed by atoms with Crippen LogP contribution in [-0.2, 0) is 6.42 Å². The van der Waals surface area contributed by atoms with E-state index < -0.39 is 5.60 Å². The third kappa shape index (κ3) is 1.95. The summed E-state index contributed by atoms with van der Waals surface area (Å²) in [5.74, 6) is 0.509. The molecule has 1 saturated carbocycles. The van der Waals surface area contributed by atoms with Gasteiger partial charge in [0.1, 0.15) is 0 Å². The van der Waals surface area contributed by atoms with Crippen LogP contribution < -0.4 is 0 Å². The first-order valence-corrected chi connectivity index (χ1v) is 5.37. The Morgan fingerprint density at radius 1 is 1.50 bits per heavy atom. The number of nitrogens with zero attached hydrogens (tertiary/aromatic N) is 1. The van der Waals surface area contributed by atoms with Gasteiger partial charge in [-0.1, -0.05) is 13.0 Å². The molecule has 0 amide bonds. The Bertz CT molecular complexity index is 294. The van der Waals surface area contributed by atoms with Crippen LogP contribution in [0.2, 0.25) is 0 Å². The van der Waals surface area contributed by atoms with Gasteiger partial charge in [0.15, 0.2) is 0 Å². The van der Waals surface area contributed by atoms with Crippen molar-refractivity contribution in [2.75, 3.05) is 0 Å². The van der Waals surface area contributed by atoms with Crippen LogP contribution in [-0.4, -0.2) is 15.7 Å². The number of aliphatic hydroxyl groups is 1. The summed E-state index contributed by atoms with van der Waals surface area (Å²) in [4.78, 5) is 4.26. The van der Waals surface area contributed by atoms with E-state index in [-0.39, 0.29) is 0 Å². The average molecular weight is 191 g/mol. The fourth-order valence-electron chi connectivity index (χ4n) is 2.00. The Hall–Kier alpha value is -0.890. The van der Waals surface area contributed by atoms with Crippen LogP contribution in [0.3, 0.4) is 0 Å². The molecule has 0 saturated heterocycles. The summed E-state index contributed by atoms with van der Waals surface area (Å²) >= 11 is 0. The number of rotatable bonds is 4. The zero-order valence-electron chi connectivity index (χ0n) is 8.61. The molecule has 1 atom stereocenters. The summed E-state index contributed by atoms with van der Waals surface area (Å²) in [5, 5.41) is 10.4. The van der Waals surface area contributed by atoms with Gasteiger partial charge < -0.3 is 5.11 Å². The highest BCUT2D eigenvalue weighted by molar-refractivity contribution is 5.09. The lowest BCUT2D eigenvalue weighted by Crippen LogP contribution is -2.33. The summed E-state index contributed by atoms with van der Waals surface area (Å²) in [6.07, 6.45) is 5.68. The Morgan fingerprint density at radius 2 is 2.29 bits per heavy atom. The summed E-state index contributed by atoms with van der Waals surface area (Å²) in [6, 6.07) is 5.87. The molecule has 2 nitrogen and oxygen atoms in total. The predicted octanol–water partition coefficient (Wildman–Crippen LogP) is 2.18. The van der Waals surface area contributed by atoms with E-state index in [9.17, 15) is 5.11 Å². The van der Waals surface area contributed by atoms with Crippen molar-refractivity contribution in [3.63, 3.8) is 0 Å². The number of aromatic nitrogens is 1. The maximum atomic E-state index is 10.4. The van der Waals surface area contributed by atoms with Crippen LogP contribution in [0.4, 0.5) is 0 Å². The molecule has 0 spiro atoms. The van der Waals surface area contributed by atoms with Gasteiger partial charge in [-0.05, 0) is 37.3 Å². The first-order valence-electron chi connectivity index (χ1n) is 5.37. The van der Waals surface area contributed by atoms with Crippen LogP contribution in [0.5, 0.6) is 0 Å². The van der Waals surface area contributed by atoms with Crippen molar-refractivity contribution < 1.29 is 5.11 Å².